The van der Waals surface area contributed by atoms with Gasteiger partial charge in [0.15, 0.2) is 0 Å². The predicted molar refractivity (Wildman–Crippen MR) is 172 cm³/mol. The van der Waals surface area contributed by atoms with Crippen molar-refractivity contribution in [2.24, 2.45) is 5.92 Å². The third-order valence-corrected chi connectivity index (χ3v) is 9.32. The van der Waals surface area contributed by atoms with Crippen molar-refractivity contribution in [3.63, 3.8) is 0 Å². The predicted octanol–water partition coefficient (Wildman–Crippen LogP) is 5.38. The third-order valence-electron chi connectivity index (χ3n) is 9.32. The van der Waals surface area contributed by atoms with Crippen LogP contribution in [0.15, 0.2) is 72.9 Å². The molecule has 2 aromatic carbocycles. The number of amides is 3. The van der Waals surface area contributed by atoms with Gasteiger partial charge in [-0.2, -0.15) is 0 Å². The van der Waals surface area contributed by atoms with Crippen LogP contribution >= 0.6 is 0 Å². The van der Waals surface area contributed by atoms with Gasteiger partial charge in [0.2, 0.25) is 5.91 Å². The van der Waals surface area contributed by atoms with Crippen LogP contribution in [0.1, 0.15) is 46.4 Å². The first-order valence-corrected chi connectivity index (χ1v) is 15.9. The number of carbonyl (C=O) groups excluding carboxylic acids is 2. The lowest BCUT2D eigenvalue weighted by Crippen LogP contribution is -2.57. The summed E-state index contributed by atoms with van der Waals surface area (Å²) in [6, 6.07) is 19.9. The fourth-order valence-corrected chi connectivity index (χ4v) is 6.74. The molecular weight excluding hydrogens is 587 g/mol. The van der Waals surface area contributed by atoms with Crippen LogP contribution in [-0.2, 0) is 16.0 Å². The quantitative estimate of drug-likeness (QED) is 0.273. The van der Waals surface area contributed by atoms with Crippen LogP contribution in [0.5, 0.6) is 0 Å². The normalized spacial score (nSPS) is 17.3. The molecule has 10 heteroatoms. The van der Waals surface area contributed by atoms with Crippen LogP contribution in [0, 0.1) is 18.7 Å². The molecule has 3 amide bonds. The fraction of sp³-hybridized carbons (Fsp3) is 0.361. The molecule has 46 heavy (non-hydrogen) atoms. The third kappa shape index (κ3) is 6.48. The molecule has 4 heterocycles. The molecule has 0 spiro atoms. The first-order valence-electron chi connectivity index (χ1n) is 15.9. The standard InChI is InChI=1S/C36H39FN4O5/c1-24-27(10-7-11-30(24)37)20-29-33(26-8-3-2-4-9-26)31-12-5-6-15-41(31)34(29)35(43)39-16-17-40(36(44)45)28(23-39)21-32(42)38-22-25-13-18-46-19-14-25/h2-12,15,25,28H,13-14,16-23H2,1H3,(H,38,42)(H,44,45)/t28-/m0/s1. The summed E-state index contributed by atoms with van der Waals surface area (Å²) in [5, 5.41) is 12.9. The second kappa shape index (κ2) is 13.7. The van der Waals surface area contributed by atoms with Gasteiger partial charge in [-0.25, -0.2) is 9.18 Å². The SMILES string of the molecule is Cc1c(F)cccc1Cc1c(-c2ccccc2)c2ccccn2c1C(=O)N1CCN(C(=O)O)[C@@H](CC(=O)NCC2CCOCC2)C1. The van der Waals surface area contributed by atoms with Crippen molar-refractivity contribution in [3.8, 4) is 11.1 Å². The summed E-state index contributed by atoms with van der Waals surface area (Å²) in [6.07, 6.45) is 2.77. The van der Waals surface area contributed by atoms with Crippen molar-refractivity contribution < 1.29 is 28.6 Å². The van der Waals surface area contributed by atoms with Gasteiger partial charge in [-0.3, -0.25) is 9.59 Å². The second-order valence-electron chi connectivity index (χ2n) is 12.2. The van der Waals surface area contributed by atoms with E-state index in [1.807, 2.05) is 65.2 Å². The lowest BCUT2D eigenvalue weighted by atomic mass is 9.93. The monoisotopic (exact) mass is 626 g/mol. The molecule has 2 aliphatic heterocycles. The van der Waals surface area contributed by atoms with E-state index in [-0.39, 0.29) is 43.7 Å². The number of hydrogen-bond acceptors (Lipinski definition) is 4. The first kappa shape index (κ1) is 31.3. The van der Waals surface area contributed by atoms with Crippen molar-refractivity contribution in [3.05, 3.63) is 101 Å². The lowest BCUT2D eigenvalue weighted by molar-refractivity contribution is -0.122. The Kier molecular flexibility index (Phi) is 9.35. The van der Waals surface area contributed by atoms with Gasteiger partial charge in [0.05, 0.1) is 11.6 Å². The number of fused-ring (bicyclic) bond motifs is 1. The summed E-state index contributed by atoms with van der Waals surface area (Å²) in [5.74, 6) is -0.471. The van der Waals surface area contributed by atoms with E-state index in [0.29, 0.717) is 43.4 Å². The summed E-state index contributed by atoms with van der Waals surface area (Å²) in [5.41, 5.74) is 5.18. The molecule has 6 rings (SSSR count). The summed E-state index contributed by atoms with van der Waals surface area (Å²) in [4.78, 5) is 42.7. The van der Waals surface area contributed by atoms with E-state index in [1.54, 1.807) is 17.9 Å². The highest BCUT2D eigenvalue weighted by atomic mass is 19.1. The van der Waals surface area contributed by atoms with E-state index in [1.165, 1.54) is 11.0 Å². The van der Waals surface area contributed by atoms with Gasteiger partial charge in [-0.1, -0.05) is 48.5 Å². The van der Waals surface area contributed by atoms with Crippen molar-refractivity contribution in [1.82, 2.24) is 19.5 Å². The zero-order valence-electron chi connectivity index (χ0n) is 26.0. The van der Waals surface area contributed by atoms with E-state index in [2.05, 4.69) is 5.32 Å². The number of piperazine rings is 1. The van der Waals surface area contributed by atoms with Gasteiger partial charge < -0.3 is 29.4 Å². The Morgan fingerprint density at radius 2 is 1.74 bits per heavy atom. The van der Waals surface area contributed by atoms with Crippen LogP contribution in [0.3, 0.4) is 0 Å². The molecule has 2 aromatic heterocycles. The number of ether oxygens (including phenoxy) is 1. The number of nitrogens with zero attached hydrogens (tertiary/aromatic N) is 3. The summed E-state index contributed by atoms with van der Waals surface area (Å²) >= 11 is 0. The molecule has 1 atom stereocenters. The Hall–Kier alpha value is -4.70. The van der Waals surface area contributed by atoms with Crippen LogP contribution in [0.4, 0.5) is 9.18 Å². The first-order chi connectivity index (χ1) is 22.3. The Balaban J connectivity index is 1.34. The van der Waals surface area contributed by atoms with Gasteiger partial charge in [-0.15, -0.1) is 0 Å². The van der Waals surface area contributed by atoms with Crippen molar-refractivity contribution in [2.75, 3.05) is 39.4 Å². The molecule has 0 unspecified atom stereocenters. The van der Waals surface area contributed by atoms with Crippen LogP contribution in [0.25, 0.3) is 16.6 Å². The minimum Gasteiger partial charge on any atom is -0.465 e. The van der Waals surface area contributed by atoms with Gasteiger partial charge in [-0.05, 0) is 66.1 Å². The number of hydrogen-bond donors (Lipinski definition) is 2. The topological polar surface area (TPSA) is 104 Å². The molecular formula is C36H39FN4O5. The second-order valence-corrected chi connectivity index (χ2v) is 12.2. The molecule has 2 N–H and O–H groups in total. The Morgan fingerprint density at radius 1 is 0.978 bits per heavy atom. The molecule has 0 saturated carbocycles. The Bertz CT molecular complexity index is 1730. The number of carbonyl (C=O) groups is 3. The van der Waals surface area contributed by atoms with Crippen LogP contribution in [-0.4, -0.2) is 82.6 Å². The number of nitrogens with one attached hydrogen (secondary N) is 1. The van der Waals surface area contributed by atoms with Crippen LogP contribution in [0.2, 0.25) is 0 Å². The molecule has 2 aliphatic rings. The summed E-state index contributed by atoms with van der Waals surface area (Å²) in [6.45, 7) is 3.97. The molecule has 2 saturated heterocycles. The zero-order valence-corrected chi connectivity index (χ0v) is 26.0. The molecule has 0 radical (unpaired) electrons. The molecule has 0 aliphatic carbocycles. The minimum atomic E-state index is -1.11. The maximum absolute atomic E-state index is 14.7. The Labute approximate surface area is 267 Å². The molecule has 2 fully saturated rings. The average Bonchev–Trinajstić information content (AvgIpc) is 3.39. The fourth-order valence-electron chi connectivity index (χ4n) is 6.74. The highest BCUT2D eigenvalue weighted by Gasteiger charge is 2.36. The van der Waals surface area contributed by atoms with E-state index in [4.69, 9.17) is 4.74 Å². The van der Waals surface area contributed by atoms with Gasteiger partial charge >= 0.3 is 6.09 Å². The number of halogens is 1. The van der Waals surface area contributed by atoms with Gasteiger partial charge in [0.25, 0.3) is 5.91 Å². The minimum absolute atomic E-state index is 0.0428. The van der Waals surface area contributed by atoms with E-state index in [9.17, 15) is 23.9 Å². The number of aromatic nitrogens is 1. The number of carboxylic acid groups (broad SMARTS) is 1. The molecule has 4 aromatic rings. The van der Waals surface area contributed by atoms with E-state index < -0.39 is 12.1 Å². The number of pyridine rings is 1. The van der Waals surface area contributed by atoms with Gasteiger partial charge in [0, 0.05) is 64.0 Å². The van der Waals surface area contributed by atoms with Crippen LogP contribution < -0.4 is 5.32 Å². The zero-order chi connectivity index (χ0) is 32.2. The molecule has 9 nitrogen and oxygen atoms in total. The number of rotatable bonds is 8. The summed E-state index contributed by atoms with van der Waals surface area (Å²) < 4.78 is 22.0. The highest BCUT2D eigenvalue weighted by Crippen LogP contribution is 2.36. The molecule has 0 bridgehead atoms. The largest absolute Gasteiger partial charge is 0.465 e. The highest BCUT2D eigenvalue weighted by molar-refractivity contribution is 6.01. The van der Waals surface area contributed by atoms with Gasteiger partial charge in [0.1, 0.15) is 11.5 Å². The van der Waals surface area contributed by atoms with Crippen molar-refractivity contribution >= 4 is 23.4 Å². The number of benzene rings is 2. The smallest absolute Gasteiger partial charge is 0.407 e. The van der Waals surface area contributed by atoms with E-state index in [0.717, 1.165) is 40.6 Å². The Morgan fingerprint density at radius 3 is 2.50 bits per heavy atom. The van der Waals surface area contributed by atoms with E-state index >= 15 is 0 Å². The van der Waals surface area contributed by atoms with Crippen molar-refractivity contribution in [2.45, 2.75) is 38.6 Å². The average molecular weight is 627 g/mol. The lowest BCUT2D eigenvalue weighted by Gasteiger charge is -2.39. The summed E-state index contributed by atoms with van der Waals surface area (Å²) in [7, 11) is 0. The molecule has 240 valence electrons. The maximum atomic E-state index is 14.7. The maximum Gasteiger partial charge on any atom is 0.407 e. The van der Waals surface area contributed by atoms with Crippen molar-refractivity contribution in [1.29, 1.82) is 0 Å².